The third kappa shape index (κ3) is 3.81. The van der Waals surface area contributed by atoms with Crippen LogP contribution in [-0.2, 0) is 0 Å². The Bertz CT molecular complexity index is 540. The zero-order valence-corrected chi connectivity index (χ0v) is 10.6. The van der Waals surface area contributed by atoms with Gasteiger partial charge in [0.2, 0.25) is 0 Å². The van der Waals surface area contributed by atoms with Crippen LogP contribution in [-0.4, -0.2) is 6.03 Å². The average molecular weight is 258 g/mol. The van der Waals surface area contributed by atoms with Crippen LogP contribution >= 0.6 is 0 Å². The number of anilines is 1. The molecule has 2 rings (SSSR count). The van der Waals surface area contributed by atoms with Gasteiger partial charge in [-0.25, -0.2) is 9.18 Å². The Morgan fingerprint density at radius 2 is 1.68 bits per heavy atom. The van der Waals surface area contributed by atoms with Gasteiger partial charge in [0.05, 0.1) is 6.04 Å². The van der Waals surface area contributed by atoms with E-state index in [9.17, 15) is 9.18 Å². The minimum absolute atomic E-state index is 0.190. The van der Waals surface area contributed by atoms with Crippen LogP contribution in [0.1, 0.15) is 18.5 Å². The molecule has 2 aromatic rings. The van der Waals surface area contributed by atoms with Crippen LogP contribution in [0.2, 0.25) is 0 Å². The van der Waals surface area contributed by atoms with Gasteiger partial charge in [-0.3, -0.25) is 0 Å². The molecule has 19 heavy (non-hydrogen) atoms. The molecule has 0 spiro atoms. The number of rotatable bonds is 3. The summed E-state index contributed by atoms with van der Waals surface area (Å²) in [5.74, 6) is -0.287. The Kier molecular flexibility index (Phi) is 4.13. The van der Waals surface area contributed by atoms with Crippen molar-refractivity contribution in [1.82, 2.24) is 5.32 Å². The quantitative estimate of drug-likeness (QED) is 0.865. The number of hydrogen-bond donors (Lipinski definition) is 2. The highest BCUT2D eigenvalue weighted by Crippen LogP contribution is 2.13. The zero-order chi connectivity index (χ0) is 13.7. The molecule has 0 saturated heterocycles. The van der Waals surface area contributed by atoms with E-state index in [-0.39, 0.29) is 17.9 Å². The largest absolute Gasteiger partial charge is 0.331 e. The number of halogens is 1. The molecule has 1 atom stereocenters. The molecule has 2 aromatic carbocycles. The number of amides is 2. The number of benzene rings is 2. The van der Waals surface area contributed by atoms with Gasteiger partial charge in [0.25, 0.3) is 0 Å². The molecule has 0 bridgehead atoms. The van der Waals surface area contributed by atoms with Gasteiger partial charge in [0.15, 0.2) is 0 Å². The molecule has 0 aromatic heterocycles. The molecule has 0 aliphatic carbocycles. The van der Waals surface area contributed by atoms with Crippen LogP contribution < -0.4 is 10.6 Å². The van der Waals surface area contributed by atoms with E-state index >= 15 is 0 Å². The highest BCUT2D eigenvalue weighted by atomic mass is 19.1. The van der Waals surface area contributed by atoms with Crippen molar-refractivity contribution in [1.29, 1.82) is 0 Å². The summed E-state index contributed by atoms with van der Waals surface area (Å²) >= 11 is 0. The summed E-state index contributed by atoms with van der Waals surface area (Å²) in [6.45, 7) is 1.85. The molecule has 0 saturated carbocycles. The Morgan fingerprint density at radius 3 is 2.32 bits per heavy atom. The maximum absolute atomic E-state index is 12.8. The summed E-state index contributed by atoms with van der Waals surface area (Å²) in [5, 5.41) is 5.52. The molecule has 1 unspecified atom stereocenters. The summed E-state index contributed by atoms with van der Waals surface area (Å²) in [5.41, 5.74) is 1.58. The molecule has 98 valence electrons. The van der Waals surface area contributed by atoms with Crippen LogP contribution in [0.4, 0.5) is 14.9 Å². The molecule has 4 heteroatoms. The maximum Gasteiger partial charge on any atom is 0.319 e. The van der Waals surface area contributed by atoms with E-state index < -0.39 is 0 Å². The molecule has 3 nitrogen and oxygen atoms in total. The summed E-state index contributed by atoms with van der Waals surface area (Å²) in [4.78, 5) is 11.8. The van der Waals surface area contributed by atoms with Crippen molar-refractivity contribution in [3.8, 4) is 0 Å². The molecular weight excluding hydrogens is 243 g/mol. The van der Waals surface area contributed by atoms with Crippen LogP contribution in [0, 0.1) is 5.82 Å². The van der Waals surface area contributed by atoms with E-state index in [1.165, 1.54) is 12.1 Å². The van der Waals surface area contributed by atoms with Gasteiger partial charge in [-0.05, 0) is 36.8 Å². The standard InChI is InChI=1S/C15H15FN2O/c1-11(12-7-9-13(16)10-8-12)17-15(19)18-14-5-3-2-4-6-14/h2-11H,1H3,(H2,17,18,19). The predicted octanol–water partition coefficient (Wildman–Crippen LogP) is 3.71. The van der Waals surface area contributed by atoms with E-state index in [0.717, 1.165) is 11.3 Å². The lowest BCUT2D eigenvalue weighted by Crippen LogP contribution is -2.31. The minimum atomic E-state index is -0.289. The van der Waals surface area contributed by atoms with Gasteiger partial charge in [0.1, 0.15) is 5.82 Å². The van der Waals surface area contributed by atoms with Crippen molar-refractivity contribution in [2.75, 3.05) is 5.32 Å². The molecule has 2 N–H and O–H groups in total. The van der Waals surface area contributed by atoms with Gasteiger partial charge in [-0.2, -0.15) is 0 Å². The number of carbonyl (C=O) groups is 1. The molecule has 0 radical (unpaired) electrons. The number of nitrogens with one attached hydrogen (secondary N) is 2. The fourth-order valence-electron chi connectivity index (χ4n) is 1.72. The monoisotopic (exact) mass is 258 g/mol. The fourth-order valence-corrected chi connectivity index (χ4v) is 1.72. The molecule has 0 aliphatic heterocycles. The van der Waals surface area contributed by atoms with E-state index in [1.807, 2.05) is 37.3 Å². The van der Waals surface area contributed by atoms with E-state index in [2.05, 4.69) is 10.6 Å². The van der Waals surface area contributed by atoms with Crippen molar-refractivity contribution < 1.29 is 9.18 Å². The first-order valence-electron chi connectivity index (χ1n) is 6.03. The molecule has 0 aliphatic rings. The third-order valence-corrected chi connectivity index (χ3v) is 2.75. The lowest BCUT2D eigenvalue weighted by molar-refractivity contribution is 0.249. The number of urea groups is 1. The first-order chi connectivity index (χ1) is 9.15. The fraction of sp³-hybridized carbons (Fsp3) is 0.133. The second kappa shape index (κ2) is 6.00. The Morgan fingerprint density at radius 1 is 1.05 bits per heavy atom. The maximum atomic E-state index is 12.8. The normalized spacial score (nSPS) is 11.7. The van der Waals surface area contributed by atoms with Crippen LogP contribution in [0.25, 0.3) is 0 Å². The number of carbonyl (C=O) groups excluding carboxylic acids is 1. The van der Waals surface area contributed by atoms with E-state index in [0.29, 0.717) is 0 Å². The van der Waals surface area contributed by atoms with Crippen molar-refractivity contribution in [2.24, 2.45) is 0 Å². The van der Waals surface area contributed by atoms with Crippen molar-refractivity contribution in [2.45, 2.75) is 13.0 Å². The van der Waals surface area contributed by atoms with Gasteiger partial charge < -0.3 is 10.6 Å². The van der Waals surface area contributed by atoms with Gasteiger partial charge in [0, 0.05) is 5.69 Å². The lowest BCUT2D eigenvalue weighted by atomic mass is 10.1. The first-order valence-corrected chi connectivity index (χ1v) is 6.03. The second-order valence-corrected chi connectivity index (χ2v) is 4.24. The van der Waals surface area contributed by atoms with E-state index in [1.54, 1.807) is 12.1 Å². The van der Waals surface area contributed by atoms with Gasteiger partial charge >= 0.3 is 6.03 Å². The topological polar surface area (TPSA) is 41.1 Å². The number of para-hydroxylation sites is 1. The highest BCUT2D eigenvalue weighted by molar-refractivity contribution is 5.89. The van der Waals surface area contributed by atoms with Crippen LogP contribution in [0.3, 0.4) is 0 Å². The van der Waals surface area contributed by atoms with Crippen molar-refractivity contribution in [3.05, 3.63) is 66.0 Å². The molecule has 0 heterocycles. The molecular formula is C15H15FN2O. The summed E-state index contributed by atoms with van der Waals surface area (Å²) in [7, 11) is 0. The summed E-state index contributed by atoms with van der Waals surface area (Å²) < 4.78 is 12.8. The Labute approximate surface area is 111 Å². The average Bonchev–Trinajstić information content (AvgIpc) is 2.40. The third-order valence-electron chi connectivity index (χ3n) is 2.75. The second-order valence-electron chi connectivity index (χ2n) is 4.24. The van der Waals surface area contributed by atoms with Crippen molar-refractivity contribution in [3.63, 3.8) is 0 Å². The summed E-state index contributed by atoms with van der Waals surface area (Å²) in [6.07, 6.45) is 0. The highest BCUT2D eigenvalue weighted by Gasteiger charge is 2.09. The Balaban J connectivity index is 1.93. The molecule has 2 amide bonds. The van der Waals surface area contributed by atoms with Crippen LogP contribution in [0.15, 0.2) is 54.6 Å². The molecule has 0 fully saturated rings. The van der Waals surface area contributed by atoms with E-state index in [4.69, 9.17) is 0 Å². The SMILES string of the molecule is CC(NC(=O)Nc1ccccc1)c1ccc(F)cc1. The number of hydrogen-bond acceptors (Lipinski definition) is 1. The summed E-state index contributed by atoms with van der Waals surface area (Å²) in [6, 6.07) is 14.8. The van der Waals surface area contributed by atoms with Crippen LogP contribution in [0.5, 0.6) is 0 Å². The Hall–Kier alpha value is -2.36. The van der Waals surface area contributed by atoms with Crippen molar-refractivity contribution >= 4 is 11.7 Å². The zero-order valence-electron chi connectivity index (χ0n) is 10.6. The smallest absolute Gasteiger partial charge is 0.319 e. The lowest BCUT2D eigenvalue weighted by Gasteiger charge is -2.15. The predicted molar refractivity (Wildman–Crippen MR) is 73.4 cm³/mol. The van der Waals surface area contributed by atoms with Gasteiger partial charge in [-0.1, -0.05) is 30.3 Å². The van der Waals surface area contributed by atoms with Gasteiger partial charge in [-0.15, -0.1) is 0 Å². The minimum Gasteiger partial charge on any atom is -0.331 e. The first kappa shape index (κ1) is 13.1.